The molecule has 0 bridgehead atoms. The summed E-state index contributed by atoms with van der Waals surface area (Å²) in [6.45, 7) is 0.782. The number of nitrogens with zero attached hydrogens (tertiary/aromatic N) is 2. The van der Waals surface area contributed by atoms with E-state index in [2.05, 4.69) is 19.4 Å². The van der Waals surface area contributed by atoms with Gasteiger partial charge in [0.05, 0.1) is 18.6 Å². The molecule has 2 rings (SSSR count). The van der Waals surface area contributed by atoms with Crippen molar-refractivity contribution >= 4 is 35.8 Å². The molecule has 10 heavy (non-hydrogen) atoms. The quantitative estimate of drug-likeness (QED) is 0.526. The summed E-state index contributed by atoms with van der Waals surface area (Å²) in [7, 11) is 0. The summed E-state index contributed by atoms with van der Waals surface area (Å²) in [6, 6.07) is 0. The van der Waals surface area contributed by atoms with E-state index in [0.717, 1.165) is 12.5 Å². The van der Waals surface area contributed by atoms with Gasteiger partial charge in [-0.2, -0.15) is 0 Å². The zero-order valence-electron chi connectivity index (χ0n) is 5.28. The van der Waals surface area contributed by atoms with Crippen molar-refractivity contribution in [1.29, 1.82) is 0 Å². The molecule has 2 heterocycles. The van der Waals surface area contributed by atoms with Gasteiger partial charge in [-0.1, -0.05) is 0 Å². The molecular weight excluding hydrogens is 168 g/mol. The lowest BCUT2D eigenvalue weighted by atomic mass is 11.2. The number of hydrogen-bond acceptors (Lipinski definition) is 6. The second-order valence-corrected chi connectivity index (χ2v) is 2.93. The van der Waals surface area contributed by atoms with Crippen molar-refractivity contribution in [2.45, 2.75) is 0 Å². The van der Waals surface area contributed by atoms with Crippen LogP contribution < -0.4 is 9.44 Å². The van der Waals surface area contributed by atoms with Crippen molar-refractivity contribution in [3.05, 3.63) is 0 Å². The Hall–Kier alpha value is -0.200. The smallest absolute Gasteiger partial charge is 0.106 e. The monoisotopic (exact) mass is 176 g/mol. The number of nitrogens with one attached hydrogen (secondary N) is 2. The SMILES string of the molecule is C1=NCNS1.C1=NCSN1. The van der Waals surface area contributed by atoms with E-state index in [1.807, 2.05) is 0 Å². The first-order valence-corrected chi connectivity index (χ1v) is 4.59. The van der Waals surface area contributed by atoms with E-state index in [1.54, 1.807) is 23.8 Å². The van der Waals surface area contributed by atoms with Gasteiger partial charge in [-0.15, -0.1) is 0 Å². The average Bonchev–Trinajstić information content (AvgIpc) is 2.67. The Kier molecular flexibility index (Phi) is 4.41. The average molecular weight is 176 g/mol. The Balaban J connectivity index is 0.0000001000. The molecule has 6 heteroatoms. The van der Waals surface area contributed by atoms with Crippen LogP contribution in [0.5, 0.6) is 0 Å². The summed E-state index contributed by atoms with van der Waals surface area (Å²) in [5.74, 6) is 0.875. The maximum atomic E-state index is 3.81. The second kappa shape index (κ2) is 5.57. The van der Waals surface area contributed by atoms with Crippen molar-refractivity contribution in [2.75, 3.05) is 12.5 Å². The molecule has 0 spiro atoms. The lowest BCUT2D eigenvalue weighted by Crippen LogP contribution is -1.92. The lowest BCUT2D eigenvalue weighted by Gasteiger charge is -1.74. The van der Waals surface area contributed by atoms with Crippen LogP contribution in [-0.4, -0.2) is 24.4 Å². The minimum Gasteiger partial charge on any atom is -0.319 e. The summed E-state index contributed by atoms with van der Waals surface area (Å²) >= 11 is 3.13. The number of hydrogen-bond donors (Lipinski definition) is 2. The summed E-state index contributed by atoms with van der Waals surface area (Å²) in [4.78, 5) is 7.62. The van der Waals surface area contributed by atoms with Crippen LogP contribution in [0.2, 0.25) is 0 Å². The standard InChI is InChI=1S/2C2H4N2S/c2*1-3-2-5-4-1/h2,4H,1H2;1H,2H2,(H,3,4). The third kappa shape index (κ3) is 3.76. The molecule has 0 saturated heterocycles. The predicted molar refractivity (Wildman–Crippen MR) is 48.2 cm³/mol. The van der Waals surface area contributed by atoms with E-state index in [9.17, 15) is 0 Å². The van der Waals surface area contributed by atoms with E-state index < -0.39 is 0 Å². The summed E-state index contributed by atoms with van der Waals surface area (Å²) in [5.41, 5.74) is 1.79. The highest BCUT2D eigenvalue weighted by Gasteiger charge is 1.83. The third-order valence-corrected chi connectivity index (χ3v) is 1.83. The number of aliphatic imine (C=N–C) groups is 2. The van der Waals surface area contributed by atoms with Crippen LogP contribution in [0, 0.1) is 0 Å². The molecule has 0 aromatic rings. The molecule has 0 fully saturated rings. The minimum absolute atomic E-state index is 0.782. The van der Waals surface area contributed by atoms with Gasteiger partial charge in [-0.3, -0.25) is 9.98 Å². The first kappa shape index (κ1) is 7.90. The lowest BCUT2D eigenvalue weighted by molar-refractivity contribution is 1.02. The normalized spacial score (nSPS) is 20.0. The Morgan fingerprint density at radius 3 is 2.60 bits per heavy atom. The largest absolute Gasteiger partial charge is 0.319 e. The highest BCUT2D eigenvalue weighted by molar-refractivity contribution is 8.10. The van der Waals surface area contributed by atoms with Crippen LogP contribution in [-0.2, 0) is 0 Å². The Labute approximate surface area is 68.2 Å². The zero-order chi connectivity index (χ0) is 7.07. The topological polar surface area (TPSA) is 48.8 Å². The van der Waals surface area contributed by atoms with E-state index >= 15 is 0 Å². The highest BCUT2D eigenvalue weighted by Crippen LogP contribution is 1.94. The van der Waals surface area contributed by atoms with Crippen molar-refractivity contribution in [3.63, 3.8) is 0 Å². The Morgan fingerprint density at radius 1 is 1.40 bits per heavy atom. The van der Waals surface area contributed by atoms with Gasteiger partial charge in [-0.05, 0) is 23.9 Å². The number of rotatable bonds is 0. The van der Waals surface area contributed by atoms with Crippen LogP contribution in [0.15, 0.2) is 9.98 Å². The fraction of sp³-hybridized carbons (Fsp3) is 0.500. The third-order valence-electron chi connectivity index (χ3n) is 0.733. The predicted octanol–water partition coefficient (Wildman–Crippen LogP) is 0.447. The summed E-state index contributed by atoms with van der Waals surface area (Å²) in [5, 5.41) is 0. The molecule has 0 atom stereocenters. The highest BCUT2D eigenvalue weighted by atomic mass is 32.2. The van der Waals surface area contributed by atoms with Crippen molar-refractivity contribution in [1.82, 2.24) is 9.44 Å². The molecular formula is C4H8N4S2. The van der Waals surface area contributed by atoms with E-state index in [-0.39, 0.29) is 0 Å². The van der Waals surface area contributed by atoms with Gasteiger partial charge >= 0.3 is 0 Å². The summed E-state index contributed by atoms with van der Waals surface area (Å²) < 4.78 is 5.76. The van der Waals surface area contributed by atoms with Gasteiger partial charge in [0.15, 0.2) is 0 Å². The molecule has 2 aliphatic heterocycles. The zero-order valence-corrected chi connectivity index (χ0v) is 6.91. The Bertz CT molecular complexity index is 107. The van der Waals surface area contributed by atoms with Gasteiger partial charge in [0.1, 0.15) is 5.88 Å². The molecule has 2 aliphatic rings. The fourth-order valence-corrected chi connectivity index (χ4v) is 1.12. The molecule has 0 radical (unpaired) electrons. The maximum Gasteiger partial charge on any atom is 0.106 e. The van der Waals surface area contributed by atoms with Crippen molar-refractivity contribution < 1.29 is 0 Å². The molecule has 4 nitrogen and oxygen atoms in total. The van der Waals surface area contributed by atoms with Crippen molar-refractivity contribution in [3.8, 4) is 0 Å². The van der Waals surface area contributed by atoms with Crippen molar-refractivity contribution in [2.24, 2.45) is 9.98 Å². The van der Waals surface area contributed by atoms with Gasteiger partial charge in [0.25, 0.3) is 0 Å². The fourth-order valence-electron chi connectivity index (χ4n) is 0.373. The maximum absolute atomic E-state index is 3.81. The van der Waals surface area contributed by atoms with Crippen LogP contribution in [0.3, 0.4) is 0 Å². The first-order chi connectivity index (χ1) is 5.00. The first-order valence-electron chi connectivity index (χ1n) is 2.72. The van der Waals surface area contributed by atoms with E-state index in [4.69, 9.17) is 0 Å². The summed E-state index contributed by atoms with van der Waals surface area (Å²) in [6.07, 6.45) is 1.70. The van der Waals surface area contributed by atoms with Crippen LogP contribution in [0.25, 0.3) is 0 Å². The second-order valence-electron chi connectivity index (χ2n) is 1.41. The molecule has 0 aromatic carbocycles. The van der Waals surface area contributed by atoms with Crippen LogP contribution in [0.1, 0.15) is 0 Å². The molecule has 56 valence electrons. The van der Waals surface area contributed by atoms with E-state index in [0.29, 0.717) is 0 Å². The molecule has 0 aromatic heterocycles. The molecule has 0 saturated carbocycles. The Morgan fingerprint density at radius 2 is 2.40 bits per heavy atom. The molecule has 0 unspecified atom stereocenters. The molecule has 0 aliphatic carbocycles. The van der Waals surface area contributed by atoms with Crippen LogP contribution in [0.4, 0.5) is 0 Å². The molecule has 2 N–H and O–H groups in total. The van der Waals surface area contributed by atoms with Crippen LogP contribution >= 0.6 is 23.9 Å². The minimum atomic E-state index is 0.782. The van der Waals surface area contributed by atoms with Gasteiger partial charge in [0, 0.05) is 0 Å². The van der Waals surface area contributed by atoms with Gasteiger partial charge in [0.2, 0.25) is 0 Å². The molecule has 0 amide bonds. The van der Waals surface area contributed by atoms with E-state index in [1.165, 1.54) is 11.9 Å². The van der Waals surface area contributed by atoms with Gasteiger partial charge < -0.3 is 4.72 Å². The van der Waals surface area contributed by atoms with Gasteiger partial charge in [-0.25, -0.2) is 4.72 Å².